The minimum atomic E-state index is -0.244. The summed E-state index contributed by atoms with van der Waals surface area (Å²) in [6.45, 7) is 9.61. The Bertz CT molecular complexity index is 638. The van der Waals surface area contributed by atoms with Gasteiger partial charge in [0.2, 0.25) is 5.91 Å². The highest BCUT2D eigenvalue weighted by Crippen LogP contribution is 2.28. The van der Waals surface area contributed by atoms with E-state index in [9.17, 15) is 9.59 Å². The smallest absolute Gasteiger partial charge is 0.271 e. The summed E-state index contributed by atoms with van der Waals surface area (Å²) >= 11 is 0. The summed E-state index contributed by atoms with van der Waals surface area (Å²) in [6.07, 6.45) is 5.72. The Labute approximate surface area is 155 Å². The number of carbonyl (C=O) groups is 2. The zero-order valence-electron chi connectivity index (χ0n) is 15.9. The van der Waals surface area contributed by atoms with E-state index in [-0.39, 0.29) is 23.8 Å². The van der Waals surface area contributed by atoms with E-state index in [1.54, 1.807) is 6.20 Å². The minimum absolute atomic E-state index is 0.110. The molecule has 0 spiro atoms. The van der Waals surface area contributed by atoms with Crippen LogP contribution in [0.3, 0.4) is 0 Å². The molecular weight excluding hydrogens is 330 g/mol. The fraction of sp³-hybridized carbons (Fsp3) is 0.684. The summed E-state index contributed by atoms with van der Waals surface area (Å²) in [5, 5.41) is 3.01. The second-order valence-electron chi connectivity index (χ2n) is 7.62. The van der Waals surface area contributed by atoms with Gasteiger partial charge in [-0.2, -0.15) is 0 Å². The van der Waals surface area contributed by atoms with Gasteiger partial charge in [0.15, 0.2) is 0 Å². The van der Waals surface area contributed by atoms with Crippen molar-refractivity contribution in [3.8, 4) is 0 Å². The largest absolute Gasteiger partial charge is 0.347 e. The van der Waals surface area contributed by atoms with Crippen molar-refractivity contribution in [1.29, 1.82) is 0 Å². The first kappa shape index (κ1) is 18.8. The van der Waals surface area contributed by atoms with Gasteiger partial charge in [0, 0.05) is 44.5 Å². The number of rotatable bonds is 4. The third kappa shape index (κ3) is 4.20. The minimum Gasteiger partial charge on any atom is -0.347 e. The van der Waals surface area contributed by atoms with E-state index in [4.69, 9.17) is 0 Å². The van der Waals surface area contributed by atoms with Crippen LogP contribution < -0.4 is 5.32 Å². The lowest BCUT2D eigenvalue weighted by Gasteiger charge is -2.38. The zero-order valence-corrected chi connectivity index (χ0v) is 15.9. The number of nitrogens with one attached hydrogen (secondary N) is 1. The van der Waals surface area contributed by atoms with Gasteiger partial charge in [-0.25, -0.2) is 4.98 Å². The molecule has 1 aromatic rings. The number of amides is 2. The van der Waals surface area contributed by atoms with Crippen LogP contribution in [0, 0.1) is 12.8 Å². The van der Waals surface area contributed by atoms with E-state index < -0.39 is 0 Å². The number of aryl methyl sites for hydroxylation is 1. The number of carbonyl (C=O) groups excluding carboxylic acids is 2. The molecule has 0 unspecified atom stereocenters. The Hall–Kier alpha value is -2.02. The highest BCUT2D eigenvalue weighted by atomic mass is 16.2. The summed E-state index contributed by atoms with van der Waals surface area (Å²) in [7, 11) is 0. The normalized spacial score (nSPS) is 24.1. The van der Waals surface area contributed by atoms with E-state index in [0.29, 0.717) is 11.7 Å². The second-order valence-corrected chi connectivity index (χ2v) is 7.62. The molecule has 2 fully saturated rings. The van der Waals surface area contributed by atoms with Crippen molar-refractivity contribution < 1.29 is 9.59 Å². The van der Waals surface area contributed by atoms with Crippen molar-refractivity contribution in [3.05, 3.63) is 23.8 Å². The molecule has 1 aliphatic heterocycles. The number of aromatic nitrogens is 2. The topological polar surface area (TPSA) is 78.4 Å². The van der Waals surface area contributed by atoms with Crippen LogP contribution >= 0.6 is 0 Å². The molecule has 1 aromatic heterocycles. The number of piperazine rings is 1. The maximum atomic E-state index is 13.0. The van der Waals surface area contributed by atoms with Gasteiger partial charge in [0.25, 0.3) is 5.91 Å². The predicted molar refractivity (Wildman–Crippen MR) is 98.7 cm³/mol. The van der Waals surface area contributed by atoms with Crippen LogP contribution in [0.2, 0.25) is 0 Å². The van der Waals surface area contributed by atoms with E-state index in [0.717, 1.165) is 51.1 Å². The maximum Gasteiger partial charge on any atom is 0.271 e. The molecule has 1 aliphatic carbocycles. The van der Waals surface area contributed by atoms with Crippen LogP contribution in [0.15, 0.2) is 12.4 Å². The standard InChI is InChI=1S/C19H29N5O2/c1-13(2)23-7-9-24(10-8-23)19(26)15-5-4-6-16(15)22-18(25)17-12-20-14(3)11-21-17/h11-13,15-16H,4-10H2,1-3H3,(H,22,25)/t15-,16+/m0/s1. The Morgan fingerprint density at radius 3 is 2.46 bits per heavy atom. The van der Waals surface area contributed by atoms with Gasteiger partial charge < -0.3 is 10.2 Å². The number of hydrogen-bond donors (Lipinski definition) is 1. The van der Waals surface area contributed by atoms with E-state index in [1.165, 1.54) is 6.20 Å². The summed E-state index contributed by atoms with van der Waals surface area (Å²) < 4.78 is 0. The van der Waals surface area contributed by atoms with Crippen molar-refractivity contribution in [1.82, 2.24) is 25.1 Å². The van der Waals surface area contributed by atoms with Crippen molar-refractivity contribution in [3.63, 3.8) is 0 Å². The molecule has 0 aromatic carbocycles. The fourth-order valence-corrected chi connectivity index (χ4v) is 3.87. The SMILES string of the molecule is Cc1cnc(C(=O)N[C@@H]2CCC[C@@H]2C(=O)N2CCN(C(C)C)CC2)cn1. The molecule has 2 atom stereocenters. The lowest BCUT2D eigenvalue weighted by molar-refractivity contribution is -0.137. The van der Waals surface area contributed by atoms with Crippen LogP contribution in [0.25, 0.3) is 0 Å². The van der Waals surface area contributed by atoms with Crippen LogP contribution in [-0.4, -0.2) is 69.8 Å². The third-order valence-corrected chi connectivity index (χ3v) is 5.52. The highest BCUT2D eigenvalue weighted by Gasteiger charge is 2.37. The van der Waals surface area contributed by atoms with Gasteiger partial charge in [0.05, 0.1) is 17.8 Å². The van der Waals surface area contributed by atoms with Crippen molar-refractivity contribution in [2.75, 3.05) is 26.2 Å². The average Bonchev–Trinajstić information content (AvgIpc) is 3.09. The molecule has 26 heavy (non-hydrogen) atoms. The number of nitrogens with zero attached hydrogens (tertiary/aromatic N) is 4. The molecule has 2 amide bonds. The van der Waals surface area contributed by atoms with Crippen LogP contribution in [0.4, 0.5) is 0 Å². The monoisotopic (exact) mass is 359 g/mol. The molecular formula is C19H29N5O2. The third-order valence-electron chi connectivity index (χ3n) is 5.52. The molecule has 2 aliphatic rings. The molecule has 1 saturated carbocycles. The van der Waals surface area contributed by atoms with Crippen molar-refractivity contribution in [2.24, 2.45) is 5.92 Å². The molecule has 7 heteroatoms. The summed E-state index contributed by atoms with van der Waals surface area (Å²) in [5.74, 6) is -0.180. The Kier molecular flexibility index (Phi) is 5.86. The highest BCUT2D eigenvalue weighted by molar-refractivity contribution is 5.92. The molecule has 0 bridgehead atoms. The van der Waals surface area contributed by atoms with Crippen molar-refractivity contribution in [2.45, 2.75) is 52.1 Å². The molecule has 7 nitrogen and oxygen atoms in total. The fourth-order valence-electron chi connectivity index (χ4n) is 3.87. The van der Waals surface area contributed by atoms with E-state index in [2.05, 4.69) is 34.0 Å². The molecule has 1 saturated heterocycles. The summed E-state index contributed by atoms with van der Waals surface area (Å²) in [4.78, 5) is 38.0. The average molecular weight is 359 g/mol. The van der Waals surface area contributed by atoms with Crippen LogP contribution in [0.1, 0.15) is 49.3 Å². The first-order chi connectivity index (χ1) is 12.5. The van der Waals surface area contributed by atoms with Gasteiger partial charge in [-0.15, -0.1) is 0 Å². The van der Waals surface area contributed by atoms with Gasteiger partial charge >= 0.3 is 0 Å². The molecule has 142 valence electrons. The Morgan fingerprint density at radius 2 is 1.85 bits per heavy atom. The van der Waals surface area contributed by atoms with E-state index in [1.807, 2.05) is 11.8 Å². The van der Waals surface area contributed by atoms with Crippen LogP contribution in [0.5, 0.6) is 0 Å². The molecule has 2 heterocycles. The summed E-state index contributed by atoms with van der Waals surface area (Å²) in [6, 6.07) is 0.405. The van der Waals surface area contributed by atoms with E-state index >= 15 is 0 Å². The van der Waals surface area contributed by atoms with Gasteiger partial charge in [-0.1, -0.05) is 6.42 Å². The maximum absolute atomic E-state index is 13.0. The first-order valence-electron chi connectivity index (χ1n) is 9.58. The molecule has 0 radical (unpaired) electrons. The van der Waals surface area contributed by atoms with Gasteiger partial charge in [-0.3, -0.25) is 19.5 Å². The lowest BCUT2D eigenvalue weighted by Crippen LogP contribution is -2.54. The first-order valence-corrected chi connectivity index (χ1v) is 9.58. The van der Waals surface area contributed by atoms with Crippen molar-refractivity contribution >= 4 is 11.8 Å². The second kappa shape index (κ2) is 8.12. The van der Waals surface area contributed by atoms with Crippen LogP contribution in [-0.2, 0) is 4.79 Å². The number of hydrogen-bond acceptors (Lipinski definition) is 5. The predicted octanol–water partition coefficient (Wildman–Crippen LogP) is 1.24. The van der Waals surface area contributed by atoms with Gasteiger partial charge in [-0.05, 0) is 33.6 Å². The Balaban J connectivity index is 1.58. The molecule has 3 rings (SSSR count). The summed E-state index contributed by atoms with van der Waals surface area (Å²) in [5.41, 5.74) is 1.08. The lowest BCUT2D eigenvalue weighted by atomic mass is 10.0. The zero-order chi connectivity index (χ0) is 18.7. The Morgan fingerprint density at radius 1 is 1.12 bits per heavy atom. The van der Waals surface area contributed by atoms with Gasteiger partial charge in [0.1, 0.15) is 5.69 Å². The quantitative estimate of drug-likeness (QED) is 0.875. The molecule has 1 N–H and O–H groups in total.